The van der Waals surface area contributed by atoms with E-state index in [2.05, 4.69) is 12.1 Å². The Morgan fingerprint density at radius 3 is 2.39 bits per heavy atom. The Labute approximate surface area is 185 Å². The summed E-state index contributed by atoms with van der Waals surface area (Å²) in [5.74, 6) is 3.57. The van der Waals surface area contributed by atoms with Gasteiger partial charge in [-0.15, -0.1) is 0 Å². The van der Waals surface area contributed by atoms with Gasteiger partial charge in [-0.2, -0.15) is 0 Å². The summed E-state index contributed by atoms with van der Waals surface area (Å²) < 4.78 is 5.38. The summed E-state index contributed by atoms with van der Waals surface area (Å²) in [4.78, 5) is 31.5. The van der Waals surface area contributed by atoms with Crippen LogP contribution in [0.4, 0.5) is 0 Å². The van der Waals surface area contributed by atoms with Crippen LogP contribution in [-0.4, -0.2) is 47.9 Å². The molecule has 5 fully saturated rings. The first-order chi connectivity index (χ1) is 15.0. The third-order valence-electron chi connectivity index (χ3n) is 9.03. The minimum absolute atomic E-state index is 0.153. The summed E-state index contributed by atoms with van der Waals surface area (Å²) in [6.45, 7) is 2.13. The van der Waals surface area contributed by atoms with Crippen molar-refractivity contribution in [2.45, 2.75) is 70.4 Å². The van der Waals surface area contributed by atoms with E-state index in [0.29, 0.717) is 12.5 Å². The van der Waals surface area contributed by atoms with E-state index in [4.69, 9.17) is 4.74 Å². The van der Waals surface area contributed by atoms with Crippen molar-refractivity contribution in [3.05, 3.63) is 29.3 Å². The predicted octanol–water partition coefficient (Wildman–Crippen LogP) is 3.79. The second-order valence-electron chi connectivity index (χ2n) is 11.0. The Hall–Kier alpha value is -2.04. The number of hydrogen-bond acceptors (Lipinski definition) is 3. The van der Waals surface area contributed by atoms with Gasteiger partial charge in [0.15, 0.2) is 0 Å². The lowest BCUT2D eigenvalue weighted by atomic mass is 9.49. The van der Waals surface area contributed by atoms with Gasteiger partial charge < -0.3 is 14.5 Å². The van der Waals surface area contributed by atoms with Gasteiger partial charge in [-0.3, -0.25) is 9.59 Å². The molecular formula is C26H34N2O3. The van der Waals surface area contributed by atoms with Crippen LogP contribution >= 0.6 is 0 Å². The number of ether oxygens (including phenoxy) is 1. The number of carbonyl (C=O) groups excluding carboxylic acids is 2. The molecule has 1 aromatic carbocycles. The molecule has 5 heteroatoms. The Bertz CT molecular complexity index is 875. The molecule has 4 saturated carbocycles. The molecule has 166 valence electrons. The molecule has 1 saturated heterocycles. The number of methoxy groups -OCH3 is 1. The average Bonchev–Trinajstić information content (AvgIpc) is 3.26. The van der Waals surface area contributed by atoms with Gasteiger partial charge in [-0.05, 0) is 98.8 Å². The van der Waals surface area contributed by atoms with Gasteiger partial charge in [0.25, 0.3) is 0 Å². The second kappa shape index (κ2) is 7.25. The minimum atomic E-state index is -0.257. The molecule has 31 heavy (non-hydrogen) atoms. The smallest absolute Gasteiger partial charge is 0.245 e. The third-order valence-corrected chi connectivity index (χ3v) is 9.03. The van der Waals surface area contributed by atoms with Crippen LogP contribution in [0, 0.1) is 23.2 Å². The lowest BCUT2D eigenvalue weighted by Crippen LogP contribution is -2.57. The predicted molar refractivity (Wildman–Crippen MR) is 117 cm³/mol. The Kier molecular flexibility index (Phi) is 4.59. The fourth-order valence-corrected chi connectivity index (χ4v) is 8.00. The summed E-state index contributed by atoms with van der Waals surface area (Å²) in [5.41, 5.74) is 2.33. The summed E-state index contributed by atoms with van der Waals surface area (Å²) >= 11 is 0. The van der Waals surface area contributed by atoms with Crippen molar-refractivity contribution in [3.8, 4) is 5.75 Å². The summed E-state index contributed by atoms with van der Waals surface area (Å²) in [6, 6.07) is 5.92. The van der Waals surface area contributed by atoms with Crippen molar-refractivity contribution in [1.82, 2.24) is 9.80 Å². The van der Waals surface area contributed by atoms with Gasteiger partial charge in [0.05, 0.1) is 12.5 Å². The molecule has 1 aromatic rings. The van der Waals surface area contributed by atoms with E-state index >= 15 is 0 Å². The number of hydrogen-bond donors (Lipinski definition) is 0. The monoisotopic (exact) mass is 422 g/mol. The second-order valence-corrected chi connectivity index (χ2v) is 11.0. The van der Waals surface area contributed by atoms with Gasteiger partial charge in [0, 0.05) is 19.6 Å². The normalized spacial score (nSPS) is 35.9. The zero-order valence-corrected chi connectivity index (χ0v) is 18.6. The number of fused-ring (bicyclic) bond motifs is 1. The van der Waals surface area contributed by atoms with Crippen molar-refractivity contribution < 1.29 is 14.3 Å². The number of benzene rings is 1. The van der Waals surface area contributed by atoms with Crippen LogP contribution in [0.15, 0.2) is 18.2 Å². The highest BCUT2D eigenvalue weighted by Crippen LogP contribution is 2.60. The van der Waals surface area contributed by atoms with Crippen LogP contribution in [0.1, 0.15) is 62.5 Å². The molecule has 7 rings (SSSR count). The molecule has 0 aromatic heterocycles. The molecule has 2 aliphatic heterocycles. The summed E-state index contributed by atoms with van der Waals surface area (Å²) in [7, 11) is 1.68. The molecule has 4 bridgehead atoms. The van der Waals surface area contributed by atoms with Gasteiger partial charge in [0.2, 0.25) is 11.8 Å². The van der Waals surface area contributed by atoms with E-state index in [1.54, 1.807) is 7.11 Å². The molecule has 4 aliphatic carbocycles. The summed E-state index contributed by atoms with van der Waals surface area (Å²) in [5, 5.41) is 0. The van der Waals surface area contributed by atoms with Gasteiger partial charge in [-0.25, -0.2) is 0 Å². The molecule has 0 spiro atoms. The summed E-state index contributed by atoms with van der Waals surface area (Å²) in [6.07, 6.45) is 9.89. The first-order valence-electron chi connectivity index (χ1n) is 12.3. The van der Waals surface area contributed by atoms with E-state index in [0.717, 1.165) is 75.1 Å². The van der Waals surface area contributed by atoms with Gasteiger partial charge in [-0.1, -0.05) is 6.07 Å². The van der Waals surface area contributed by atoms with Crippen LogP contribution in [0.25, 0.3) is 0 Å². The average molecular weight is 423 g/mol. The number of nitrogens with zero attached hydrogens (tertiary/aromatic N) is 2. The number of carbonyl (C=O) groups is 2. The molecule has 1 unspecified atom stereocenters. The Balaban J connectivity index is 1.20. The van der Waals surface area contributed by atoms with Gasteiger partial charge >= 0.3 is 0 Å². The highest BCUT2D eigenvalue weighted by Gasteiger charge is 2.57. The van der Waals surface area contributed by atoms with Crippen LogP contribution in [0.3, 0.4) is 0 Å². The molecule has 5 nitrogen and oxygen atoms in total. The van der Waals surface area contributed by atoms with Crippen molar-refractivity contribution in [3.63, 3.8) is 0 Å². The van der Waals surface area contributed by atoms with E-state index in [-0.39, 0.29) is 17.4 Å². The standard InChI is InChI=1S/C26H34N2O3/c1-31-22-5-4-20-6-8-27(16-21(20)12-22)24(29)23-3-2-7-28(23)25(30)26-13-17-9-18(14-26)11-19(10-17)15-26/h4-5,12,17-19,23H,2-3,6-11,13-16H2,1H3. The number of rotatable bonds is 3. The van der Waals surface area contributed by atoms with Crippen molar-refractivity contribution in [2.75, 3.05) is 20.2 Å². The van der Waals surface area contributed by atoms with Crippen molar-refractivity contribution >= 4 is 11.8 Å². The Morgan fingerprint density at radius 1 is 1.00 bits per heavy atom. The Morgan fingerprint density at radius 2 is 1.71 bits per heavy atom. The quantitative estimate of drug-likeness (QED) is 0.745. The van der Waals surface area contributed by atoms with Crippen molar-refractivity contribution in [1.29, 1.82) is 0 Å². The zero-order valence-electron chi connectivity index (χ0n) is 18.6. The topological polar surface area (TPSA) is 49.9 Å². The first kappa shape index (κ1) is 19.6. The molecule has 2 amide bonds. The highest BCUT2D eigenvalue weighted by molar-refractivity contribution is 5.91. The molecule has 0 radical (unpaired) electrons. The lowest BCUT2D eigenvalue weighted by Gasteiger charge is -2.56. The van der Waals surface area contributed by atoms with E-state index in [9.17, 15) is 9.59 Å². The van der Waals surface area contributed by atoms with E-state index in [1.165, 1.54) is 30.4 Å². The number of amides is 2. The first-order valence-corrected chi connectivity index (χ1v) is 12.3. The number of likely N-dealkylation sites (tertiary alicyclic amines) is 1. The van der Waals surface area contributed by atoms with E-state index < -0.39 is 0 Å². The minimum Gasteiger partial charge on any atom is -0.497 e. The lowest BCUT2D eigenvalue weighted by molar-refractivity contribution is -0.162. The zero-order chi connectivity index (χ0) is 21.2. The molecule has 1 atom stereocenters. The molecule has 6 aliphatic rings. The molecule has 0 N–H and O–H groups in total. The maximum Gasteiger partial charge on any atom is 0.245 e. The largest absolute Gasteiger partial charge is 0.497 e. The molecular weight excluding hydrogens is 388 g/mol. The van der Waals surface area contributed by atoms with Crippen LogP contribution in [0.2, 0.25) is 0 Å². The van der Waals surface area contributed by atoms with Crippen LogP contribution < -0.4 is 4.74 Å². The molecule has 2 heterocycles. The van der Waals surface area contributed by atoms with Crippen molar-refractivity contribution in [2.24, 2.45) is 23.2 Å². The third kappa shape index (κ3) is 3.18. The fourth-order valence-electron chi connectivity index (χ4n) is 8.00. The van der Waals surface area contributed by atoms with E-state index in [1.807, 2.05) is 15.9 Å². The maximum absolute atomic E-state index is 13.9. The fraction of sp³-hybridized carbons (Fsp3) is 0.692. The SMILES string of the molecule is COc1ccc2c(c1)CN(C(=O)C1CCCN1C(=O)C13CC4CC(CC(C4)C1)C3)CC2. The van der Waals surface area contributed by atoms with Crippen LogP contribution in [0.5, 0.6) is 5.75 Å². The van der Waals surface area contributed by atoms with Gasteiger partial charge in [0.1, 0.15) is 11.8 Å². The highest BCUT2D eigenvalue weighted by atomic mass is 16.5. The van der Waals surface area contributed by atoms with Crippen LogP contribution in [-0.2, 0) is 22.6 Å². The maximum atomic E-state index is 13.9.